The molecule has 0 spiro atoms. The molecular formula is C21H15O3. The van der Waals surface area contributed by atoms with Crippen LogP contribution in [0.15, 0.2) is 72.8 Å². The molecule has 24 heavy (non-hydrogen) atoms. The number of benzene rings is 3. The average molecular weight is 315 g/mol. The Morgan fingerprint density at radius 2 is 1.46 bits per heavy atom. The maximum Gasteiger partial charge on any atom is 0.513 e. The van der Waals surface area contributed by atoms with Crippen LogP contribution in [0.5, 0.6) is 5.75 Å². The Bertz CT molecular complexity index is 826. The molecule has 0 aromatic heterocycles. The van der Waals surface area contributed by atoms with Crippen molar-refractivity contribution in [2.45, 2.75) is 5.92 Å². The summed E-state index contributed by atoms with van der Waals surface area (Å²) in [5.41, 5.74) is 4.77. The molecule has 117 valence electrons. The van der Waals surface area contributed by atoms with Crippen molar-refractivity contribution in [3.63, 3.8) is 0 Å². The maximum absolute atomic E-state index is 11.9. The molecule has 0 N–H and O–H groups in total. The number of ether oxygens (including phenoxy) is 2. The SMILES string of the molecule is O=C(OCC1c2ccccc2-c2ccccc21)Oc1cc[c]cc1. The predicted octanol–water partition coefficient (Wildman–Crippen LogP) is 4.81. The summed E-state index contributed by atoms with van der Waals surface area (Å²) in [6, 6.07) is 26.0. The third-order valence-corrected chi connectivity index (χ3v) is 4.22. The molecule has 1 aliphatic carbocycles. The first-order valence-electron chi connectivity index (χ1n) is 7.82. The zero-order valence-electron chi connectivity index (χ0n) is 12.9. The summed E-state index contributed by atoms with van der Waals surface area (Å²) in [6.45, 7) is 0.256. The van der Waals surface area contributed by atoms with E-state index in [1.165, 1.54) is 22.3 Å². The second-order valence-corrected chi connectivity index (χ2v) is 5.63. The van der Waals surface area contributed by atoms with Crippen molar-refractivity contribution in [2.24, 2.45) is 0 Å². The molecule has 3 aromatic rings. The molecule has 3 heteroatoms. The Labute approximate surface area is 140 Å². The zero-order chi connectivity index (χ0) is 16.4. The van der Waals surface area contributed by atoms with Crippen molar-refractivity contribution in [2.75, 3.05) is 6.61 Å². The van der Waals surface area contributed by atoms with Gasteiger partial charge in [0.2, 0.25) is 0 Å². The lowest BCUT2D eigenvalue weighted by molar-refractivity contribution is 0.0965. The quantitative estimate of drug-likeness (QED) is 0.514. The van der Waals surface area contributed by atoms with Crippen molar-refractivity contribution < 1.29 is 14.3 Å². The van der Waals surface area contributed by atoms with Crippen molar-refractivity contribution in [3.05, 3.63) is 90.0 Å². The van der Waals surface area contributed by atoms with Crippen LogP contribution in [-0.2, 0) is 4.74 Å². The Morgan fingerprint density at radius 1 is 0.875 bits per heavy atom. The molecule has 4 rings (SSSR count). The van der Waals surface area contributed by atoms with Gasteiger partial charge in [0, 0.05) is 5.92 Å². The molecule has 0 saturated carbocycles. The van der Waals surface area contributed by atoms with Crippen LogP contribution < -0.4 is 4.74 Å². The van der Waals surface area contributed by atoms with Crippen LogP contribution in [-0.4, -0.2) is 12.8 Å². The van der Waals surface area contributed by atoms with Crippen molar-refractivity contribution in [3.8, 4) is 16.9 Å². The summed E-state index contributed by atoms with van der Waals surface area (Å²) in [6.07, 6.45) is -0.692. The van der Waals surface area contributed by atoms with Gasteiger partial charge in [-0.3, -0.25) is 0 Å². The predicted molar refractivity (Wildman–Crippen MR) is 91.0 cm³/mol. The summed E-state index contributed by atoms with van der Waals surface area (Å²) in [5.74, 6) is 0.486. The van der Waals surface area contributed by atoms with Crippen LogP contribution in [0.25, 0.3) is 11.1 Å². The van der Waals surface area contributed by atoms with Crippen LogP contribution in [0.2, 0.25) is 0 Å². The molecular weight excluding hydrogens is 300 g/mol. The first-order valence-corrected chi connectivity index (χ1v) is 7.82. The van der Waals surface area contributed by atoms with Gasteiger partial charge in [0.05, 0.1) is 0 Å². The van der Waals surface area contributed by atoms with E-state index in [2.05, 4.69) is 30.3 Å². The summed E-state index contributed by atoms with van der Waals surface area (Å²) >= 11 is 0. The first kappa shape index (κ1) is 14.5. The minimum atomic E-state index is -0.692. The number of hydrogen-bond donors (Lipinski definition) is 0. The monoisotopic (exact) mass is 315 g/mol. The van der Waals surface area contributed by atoms with Crippen LogP contribution in [0, 0.1) is 6.07 Å². The van der Waals surface area contributed by atoms with Gasteiger partial charge in [0.25, 0.3) is 0 Å². The number of hydrogen-bond acceptors (Lipinski definition) is 3. The van der Waals surface area contributed by atoms with E-state index in [9.17, 15) is 4.79 Å². The van der Waals surface area contributed by atoms with Crippen molar-refractivity contribution >= 4 is 6.16 Å². The number of carbonyl (C=O) groups is 1. The molecule has 0 saturated heterocycles. The standard InChI is InChI=1S/C21H15O3/c22-21(24-15-8-2-1-3-9-15)23-14-20-18-12-6-4-10-16(18)17-11-5-7-13-19(17)20/h2-13,20H,14H2. The van der Waals surface area contributed by atoms with Gasteiger partial charge >= 0.3 is 6.16 Å². The summed E-state index contributed by atoms with van der Waals surface area (Å²) in [4.78, 5) is 11.9. The summed E-state index contributed by atoms with van der Waals surface area (Å²) in [7, 11) is 0. The smallest absolute Gasteiger partial charge is 0.433 e. The molecule has 1 radical (unpaired) electrons. The summed E-state index contributed by atoms with van der Waals surface area (Å²) < 4.78 is 10.5. The Balaban J connectivity index is 1.52. The lowest BCUT2D eigenvalue weighted by Crippen LogP contribution is -2.15. The van der Waals surface area contributed by atoms with E-state index in [-0.39, 0.29) is 12.5 Å². The van der Waals surface area contributed by atoms with Gasteiger partial charge in [-0.25, -0.2) is 4.79 Å². The highest BCUT2D eigenvalue weighted by Crippen LogP contribution is 2.44. The summed E-state index contributed by atoms with van der Waals surface area (Å²) in [5, 5.41) is 0. The first-order chi connectivity index (χ1) is 11.8. The maximum atomic E-state index is 11.9. The van der Waals surface area contributed by atoms with Crippen LogP contribution in [0.4, 0.5) is 4.79 Å². The number of carbonyl (C=O) groups excluding carboxylic acids is 1. The average Bonchev–Trinajstić information content (AvgIpc) is 2.95. The molecule has 0 bridgehead atoms. The van der Waals surface area contributed by atoms with E-state index in [0.29, 0.717) is 5.75 Å². The van der Waals surface area contributed by atoms with Crippen LogP contribution >= 0.6 is 0 Å². The number of rotatable bonds is 3. The van der Waals surface area contributed by atoms with E-state index >= 15 is 0 Å². The van der Waals surface area contributed by atoms with Crippen molar-refractivity contribution in [1.29, 1.82) is 0 Å². The Hall–Kier alpha value is -3.07. The molecule has 0 aliphatic heterocycles. The van der Waals surface area contributed by atoms with Crippen LogP contribution in [0.3, 0.4) is 0 Å². The molecule has 0 fully saturated rings. The van der Waals surface area contributed by atoms with Crippen LogP contribution in [0.1, 0.15) is 17.0 Å². The Morgan fingerprint density at radius 3 is 2.08 bits per heavy atom. The highest BCUT2D eigenvalue weighted by atomic mass is 16.7. The third-order valence-electron chi connectivity index (χ3n) is 4.22. The molecule has 3 aromatic carbocycles. The van der Waals surface area contributed by atoms with Gasteiger partial charge in [-0.05, 0) is 40.5 Å². The van der Waals surface area contributed by atoms with E-state index in [1.54, 1.807) is 24.3 Å². The fraction of sp³-hybridized carbons (Fsp3) is 0.0952. The van der Waals surface area contributed by atoms with Gasteiger partial charge in [0.15, 0.2) is 0 Å². The largest absolute Gasteiger partial charge is 0.513 e. The third kappa shape index (κ3) is 2.65. The molecule has 1 aliphatic rings. The minimum Gasteiger partial charge on any atom is -0.433 e. The van der Waals surface area contributed by atoms with E-state index in [1.807, 2.05) is 24.3 Å². The fourth-order valence-electron chi connectivity index (χ4n) is 3.16. The van der Waals surface area contributed by atoms with Gasteiger partial charge in [-0.1, -0.05) is 60.7 Å². The minimum absolute atomic E-state index is 0.0362. The molecule has 0 unspecified atom stereocenters. The number of fused-ring (bicyclic) bond motifs is 3. The van der Waals surface area contributed by atoms with Gasteiger partial charge in [-0.2, -0.15) is 0 Å². The molecule has 0 amide bonds. The van der Waals surface area contributed by atoms with Gasteiger partial charge < -0.3 is 9.47 Å². The van der Waals surface area contributed by atoms with Gasteiger partial charge in [0.1, 0.15) is 12.4 Å². The fourth-order valence-corrected chi connectivity index (χ4v) is 3.16. The van der Waals surface area contributed by atoms with Crippen molar-refractivity contribution in [1.82, 2.24) is 0 Å². The topological polar surface area (TPSA) is 35.5 Å². The lowest BCUT2D eigenvalue weighted by atomic mass is 9.98. The molecule has 3 nitrogen and oxygen atoms in total. The van der Waals surface area contributed by atoms with E-state index < -0.39 is 6.16 Å². The zero-order valence-corrected chi connectivity index (χ0v) is 12.9. The lowest BCUT2D eigenvalue weighted by Gasteiger charge is -2.13. The van der Waals surface area contributed by atoms with E-state index in [0.717, 1.165) is 0 Å². The normalized spacial score (nSPS) is 12.3. The second-order valence-electron chi connectivity index (χ2n) is 5.63. The highest BCUT2D eigenvalue weighted by Gasteiger charge is 2.29. The Kier molecular flexibility index (Phi) is 3.75. The van der Waals surface area contributed by atoms with E-state index in [4.69, 9.17) is 9.47 Å². The molecule has 0 atom stereocenters. The highest BCUT2D eigenvalue weighted by molar-refractivity contribution is 5.79. The second kappa shape index (κ2) is 6.20. The molecule has 0 heterocycles. The van der Waals surface area contributed by atoms with Gasteiger partial charge in [-0.15, -0.1) is 0 Å².